The monoisotopic (exact) mass is 347 g/mol. The van der Waals surface area contributed by atoms with Gasteiger partial charge in [-0.05, 0) is 37.6 Å². The van der Waals surface area contributed by atoms with Crippen molar-refractivity contribution in [1.29, 1.82) is 0 Å². The molecule has 0 fully saturated rings. The topological polar surface area (TPSA) is 67.5 Å². The summed E-state index contributed by atoms with van der Waals surface area (Å²) in [5, 5.41) is 2.99. The summed E-state index contributed by atoms with van der Waals surface area (Å²) in [6.45, 7) is 11.1. The van der Waals surface area contributed by atoms with Crippen LogP contribution >= 0.6 is 0 Å². The molecule has 2 aromatic rings. The van der Waals surface area contributed by atoms with Crippen molar-refractivity contribution in [2.45, 2.75) is 46.7 Å². The van der Waals surface area contributed by atoms with Gasteiger partial charge in [-0.15, -0.1) is 0 Å². The smallest absolute Gasteiger partial charge is 0.408 e. The zero-order valence-electron chi connectivity index (χ0n) is 15.6. The summed E-state index contributed by atoms with van der Waals surface area (Å²) in [5.74, 6) is -0.115. The first-order valence-corrected chi connectivity index (χ1v) is 9.05. The lowest BCUT2D eigenvalue weighted by Crippen LogP contribution is -2.45. The number of amides is 1. The zero-order valence-corrected chi connectivity index (χ0v) is 15.6. The number of hydrogen-bond donors (Lipinski definition) is 1. The third-order valence-electron chi connectivity index (χ3n) is 4.48. The van der Waals surface area contributed by atoms with Crippen LogP contribution < -0.4 is 11.1 Å². The molecule has 138 valence electrons. The fourth-order valence-electron chi connectivity index (χ4n) is 3.24. The van der Waals surface area contributed by atoms with Gasteiger partial charge in [0.1, 0.15) is 6.54 Å². The zero-order chi connectivity index (χ0) is 18.4. The Bertz CT molecular complexity index is 744. The van der Waals surface area contributed by atoms with Gasteiger partial charge >= 0.3 is 5.76 Å². The van der Waals surface area contributed by atoms with Crippen LogP contribution in [0.3, 0.4) is 0 Å². The lowest BCUT2D eigenvalue weighted by molar-refractivity contribution is -0.122. The largest absolute Gasteiger partial charge is 0.420 e. The van der Waals surface area contributed by atoms with Gasteiger partial charge in [0.05, 0.1) is 5.52 Å². The molecule has 1 atom stereocenters. The number of nitrogens with one attached hydrogen (secondary N) is 1. The Morgan fingerprint density at radius 2 is 1.92 bits per heavy atom. The molecule has 6 heteroatoms. The highest BCUT2D eigenvalue weighted by Gasteiger charge is 2.19. The van der Waals surface area contributed by atoms with Crippen molar-refractivity contribution in [3.8, 4) is 0 Å². The fraction of sp³-hybridized carbons (Fsp3) is 0.579. The lowest BCUT2D eigenvalue weighted by Gasteiger charge is -2.31. The van der Waals surface area contributed by atoms with Crippen LogP contribution in [0.4, 0.5) is 0 Å². The average molecular weight is 347 g/mol. The molecule has 2 rings (SSSR count). The lowest BCUT2D eigenvalue weighted by atomic mass is 10.0. The predicted molar refractivity (Wildman–Crippen MR) is 99.6 cm³/mol. The summed E-state index contributed by atoms with van der Waals surface area (Å²) in [4.78, 5) is 26.7. The number of rotatable bonds is 9. The van der Waals surface area contributed by atoms with Crippen LogP contribution in [0.2, 0.25) is 0 Å². The molecule has 1 heterocycles. The summed E-state index contributed by atoms with van der Waals surface area (Å²) in [5.41, 5.74) is 1.14. The first-order chi connectivity index (χ1) is 12.0. The molecular weight excluding hydrogens is 318 g/mol. The summed E-state index contributed by atoms with van der Waals surface area (Å²) in [7, 11) is 0. The first kappa shape index (κ1) is 19.2. The quantitative estimate of drug-likeness (QED) is 0.757. The van der Waals surface area contributed by atoms with Gasteiger partial charge in [0.25, 0.3) is 0 Å². The number of hydrogen-bond acceptors (Lipinski definition) is 4. The minimum Gasteiger partial charge on any atom is -0.408 e. The molecule has 25 heavy (non-hydrogen) atoms. The molecule has 1 aromatic heterocycles. The van der Waals surface area contributed by atoms with E-state index in [2.05, 4.69) is 37.9 Å². The Hall–Kier alpha value is -2.08. The van der Waals surface area contributed by atoms with Gasteiger partial charge in [-0.3, -0.25) is 14.3 Å². The highest BCUT2D eigenvalue weighted by atomic mass is 16.4. The summed E-state index contributed by atoms with van der Waals surface area (Å²) in [6, 6.07) is 7.44. The molecule has 0 bridgehead atoms. The van der Waals surface area contributed by atoms with Crippen molar-refractivity contribution in [2.75, 3.05) is 19.6 Å². The van der Waals surface area contributed by atoms with Crippen molar-refractivity contribution >= 4 is 17.0 Å². The van der Waals surface area contributed by atoms with Crippen LogP contribution in [0, 0.1) is 5.92 Å². The predicted octanol–water partition coefficient (Wildman–Crippen LogP) is 2.47. The number of carbonyl (C=O) groups excluding carboxylic acids is 1. The normalized spacial score (nSPS) is 12.9. The Morgan fingerprint density at radius 1 is 1.24 bits per heavy atom. The SMILES string of the molecule is CCN(CC)C(CNC(=O)Cn1c(=O)oc2ccccc21)CC(C)C. The number of nitrogens with zero attached hydrogens (tertiary/aromatic N) is 2. The second-order valence-electron chi connectivity index (χ2n) is 6.73. The van der Waals surface area contributed by atoms with Gasteiger partial charge in [-0.25, -0.2) is 4.79 Å². The molecule has 0 aliphatic rings. The van der Waals surface area contributed by atoms with E-state index in [4.69, 9.17) is 4.42 Å². The number of oxazole rings is 1. The van der Waals surface area contributed by atoms with E-state index in [1.807, 2.05) is 6.07 Å². The van der Waals surface area contributed by atoms with Crippen LogP contribution in [-0.4, -0.2) is 41.1 Å². The fourth-order valence-corrected chi connectivity index (χ4v) is 3.24. The van der Waals surface area contributed by atoms with E-state index in [9.17, 15) is 9.59 Å². The van der Waals surface area contributed by atoms with E-state index >= 15 is 0 Å². The maximum Gasteiger partial charge on any atom is 0.420 e. The average Bonchev–Trinajstić information content (AvgIpc) is 2.89. The van der Waals surface area contributed by atoms with E-state index in [-0.39, 0.29) is 12.5 Å². The molecule has 0 aliphatic heterocycles. The summed E-state index contributed by atoms with van der Waals surface area (Å²) < 4.78 is 6.54. The van der Waals surface area contributed by atoms with Crippen LogP contribution in [0.5, 0.6) is 0 Å². The van der Waals surface area contributed by atoms with Crippen molar-refractivity contribution < 1.29 is 9.21 Å². The van der Waals surface area contributed by atoms with Crippen LogP contribution in [0.15, 0.2) is 33.5 Å². The van der Waals surface area contributed by atoms with Crippen molar-refractivity contribution in [3.05, 3.63) is 34.8 Å². The highest BCUT2D eigenvalue weighted by Crippen LogP contribution is 2.12. The Kier molecular flexibility index (Phi) is 6.82. The minimum atomic E-state index is -0.501. The number of likely N-dealkylation sites (N-methyl/N-ethyl adjacent to an activating group) is 1. The molecule has 0 spiro atoms. The molecule has 0 aliphatic carbocycles. The van der Waals surface area contributed by atoms with Crippen molar-refractivity contribution in [3.63, 3.8) is 0 Å². The van der Waals surface area contributed by atoms with Gasteiger partial charge < -0.3 is 9.73 Å². The number of carbonyl (C=O) groups is 1. The number of fused-ring (bicyclic) bond motifs is 1. The number of para-hydroxylation sites is 2. The van der Waals surface area contributed by atoms with Gasteiger partial charge in [0, 0.05) is 12.6 Å². The van der Waals surface area contributed by atoms with E-state index < -0.39 is 5.76 Å². The standard InChI is InChI=1S/C19H29N3O3/c1-5-21(6-2)15(11-14(3)4)12-20-18(23)13-22-16-9-7-8-10-17(16)25-19(22)24/h7-10,14-15H,5-6,11-13H2,1-4H3,(H,20,23). The molecule has 1 aromatic carbocycles. The van der Waals surface area contributed by atoms with E-state index in [1.165, 1.54) is 4.57 Å². The summed E-state index contributed by atoms with van der Waals surface area (Å²) in [6.07, 6.45) is 1.02. The molecule has 0 saturated carbocycles. The molecular formula is C19H29N3O3. The number of aromatic nitrogens is 1. The molecule has 0 radical (unpaired) electrons. The highest BCUT2D eigenvalue weighted by molar-refractivity contribution is 5.79. The van der Waals surface area contributed by atoms with Crippen LogP contribution in [0.25, 0.3) is 11.1 Å². The third-order valence-corrected chi connectivity index (χ3v) is 4.48. The number of benzene rings is 1. The molecule has 6 nitrogen and oxygen atoms in total. The van der Waals surface area contributed by atoms with Crippen LogP contribution in [-0.2, 0) is 11.3 Å². The second kappa shape index (κ2) is 8.85. The first-order valence-electron chi connectivity index (χ1n) is 9.05. The molecule has 0 saturated heterocycles. The van der Waals surface area contributed by atoms with Gasteiger partial charge in [0.15, 0.2) is 5.58 Å². The van der Waals surface area contributed by atoms with E-state index in [0.717, 1.165) is 19.5 Å². The van der Waals surface area contributed by atoms with Gasteiger partial charge in [-0.2, -0.15) is 0 Å². The molecule has 1 unspecified atom stereocenters. The molecule has 1 amide bonds. The minimum absolute atomic E-state index is 0.0253. The maximum atomic E-state index is 12.4. The van der Waals surface area contributed by atoms with Gasteiger partial charge in [-0.1, -0.05) is 39.8 Å². The molecule has 1 N–H and O–H groups in total. The van der Waals surface area contributed by atoms with Crippen molar-refractivity contribution in [2.24, 2.45) is 5.92 Å². The maximum absolute atomic E-state index is 12.4. The second-order valence-corrected chi connectivity index (χ2v) is 6.73. The van der Waals surface area contributed by atoms with Gasteiger partial charge in [0.2, 0.25) is 5.91 Å². The summed E-state index contributed by atoms with van der Waals surface area (Å²) >= 11 is 0. The Balaban J connectivity index is 2.03. The van der Waals surface area contributed by atoms with Crippen LogP contribution in [0.1, 0.15) is 34.1 Å². The van der Waals surface area contributed by atoms with E-state index in [0.29, 0.717) is 29.6 Å². The van der Waals surface area contributed by atoms with Crippen molar-refractivity contribution in [1.82, 2.24) is 14.8 Å². The third kappa shape index (κ3) is 4.95. The van der Waals surface area contributed by atoms with E-state index in [1.54, 1.807) is 18.2 Å². The Morgan fingerprint density at radius 3 is 2.56 bits per heavy atom. The Labute approximate surface area is 148 Å².